The number of hydrogen-bond donors (Lipinski definition) is 1. The molecule has 1 aromatic rings. The van der Waals surface area contributed by atoms with Gasteiger partial charge in [0.1, 0.15) is 0 Å². The Morgan fingerprint density at radius 2 is 1.96 bits per heavy atom. The third-order valence-corrected chi connectivity index (χ3v) is 5.78. The van der Waals surface area contributed by atoms with Crippen molar-refractivity contribution in [1.29, 1.82) is 0 Å². The fourth-order valence-corrected chi connectivity index (χ4v) is 4.23. The molecule has 7 heteroatoms. The lowest BCUT2D eigenvalue weighted by atomic mass is 9.93. The molecule has 2 fully saturated rings. The molecule has 2 saturated heterocycles. The molecule has 0 saturated carbocycles. The van der Waals surface area contributed by atoms with E-state index in [0.29, 0.717) is 19.1 Å². The third-order valence-electron chi connectivity index (χ3n) is 5.78. The van der Waals surface area contributed by atoms with Crippen molar-refractivity contribution in [2.45, 2.75) is 38.3 Å². The number of amides is 2. The summed E-state index contributed by atoms with van der Waals surface area (Å²) < 4.78 is 0. The van der Waals surface area contributed by atoms with Crippen LogP contribution >= 0.6 is 0 Å². The molecule has 2 aliphatic rings. The molecule has 2 amide bonds. The number of nitrogens with zero attached hydrogens (tertiary/aromatic N) is 4. The van der Waals surface area contributed by atoms with Gasteiger partial charge in [-0.25, -0.2) is 0 Å². The number of hydrogen-bond acceptors (Lipinski definition) is 5. The molecule has 0 aliphatic carbocycles. The van der Waals surface area contributed by atoms with E-state index in [4.69, 9.17) is 0 Å². The molecular weight excluding hydrogens is 354 g/mol. The second-order valence-corrected chi connectivity index (χ2v) is 8.22. The summed E-state index contributed by atoms with van der Waals surface area (Å²) in [7, 11) is 3.86. The highest BCUT2D eigenvalue weighted by atomic mass is 16.2. The summed E-state index contributed by atoms with van der Waals surface area (Å²) in [5.74, 6) is 0.397. The molecular formula is C21H33N5O2. The highest BCUT2D eigenvalue weighted by Crippen LogP contribution is 2.24. The van der Waals surface area contributed by atoms with Crippen LogP contribution in [-0.4, -0.2) is 84.4 Å². The van der Waals surface area contributed by atoms with Crippen LogP contribution in [0.25, 0.3) is 0 Å². The third kappa shape index (κ3) is 5.75. The van der Waals surface area contributed by atoms with Crippen molar-refractivity contribution in [3.63, 3.8) is 0 Å². The quantitative estimate of drug-likeness (QED) is 0.788. The van der Waals surface area contributed by atoms with Crippen LogP contribution in [0.15, 0.2) is 24.4 Å². The minimum Gasteiger partial charge on any atom is -0.350 e. The number of likely N-dealkylation sites (N-methyl/N-ethyl adjacent to an activating group) is 1. The zero-order valence-electron chi connectivity index (χ0n) is 17.1. The zero-order chi connectivity index (χ0) is 19.9. The van der Waals surface area contributed by atoms with Crippen LogP contribution in [0.3, 0.4) is 0 Å². The smallest absolute Gasteiger partial charge is 0.236 e. The monoisotopic (exact) mass is 387 g/mol. The summed E-state index contributed by atoms with van der Waals surface area (Å²) in [6.45, 7) is 4.49. The number of carbonyl (C=O) groups is 2. The van der Waals surface area contributed by atoms with E-state index in [2.05, 4.69) is 15.2 Å². The summed E-state index contributed by atoms with van der Waals surface area (Å²) >= 11 is 0. The van der Waals surface area contributed by atoms with Crippen LogP contribution in [0.4, 0.5) is 0 Å². The summed E-state index contributed by atoms with van der Waals surface area (Å²) in [5, 5.41) is 3.05. The highest BCUT2D eigenvalue weighted by Gasteiger charge is 2.32. The molecule has 3 rings (SSSR count). The Morgan fingerprint density at radius 3 is 2.64 bits per heavy atom. The fraction of sp³-hybridized carbons (Fsp3) is 0.667. The number of rotatable bonds is 6. The molecule has 1 aromatic heterocycles. The molecule has 28 heavy (non-hydrogen) atoms. The van der Waals surface area contributed by atoms with Crippen LogP contribution in [0, 0.1) is 5.92 Å². The predicted molar refractivity (Wildman–Crippen MR) is 109 cm³/mol. The Hall–Kier alpha value is -1.99. The van der Waals surface area contributed by atoms with Gasteiger partial charge in [0.05, 0.1) is 24.7 Å². The maximum absolute atomic E-state index is 12.6. The summed E-state index contributed by atoms with van der Waals surface area (Å²) in [6, 6.07) is 6.23. The molecule has 7 nitrogen and oxygen atoms in total. The minimum absolute atomic E-state index is 0.0471. The van der Waals surface area contributed by atoms with Crippen molar-refractivity contribution in [2.75, 3.05) is 46.8 Å². The van der Waals surface area contributed by atoms with Gasteiger partial charge in [-0.05, 0) is 58.5 Å². The topological polar surface area (TPSA) is 68.8 Å². The van der Waals surface area contributed by atoms with Gasteiger partial charge >= 0.3 is 0 Å². The highest BCUT2D eigenvalue weighted by molar-refractivity contribution is 5.79. The maximum Gasteiger partial charge on any atom is 0.236 e. The van der Waals surface area contributed by atoms with Crippen molar-refractivity contribution >= 4 is 11.8 Å². The van der Waals surface area contributed by atoms with Crippen molar-refractivity contribution in [1.82, 2.24) is 25.0 Å². The van der Waals surface area contributed by atoms with E-state index < -0.39 is 0 Å². The number of carbonyl (C=O) groups excluding carboxylic acids is 2. The summed E-state index contributed by atoms with van der Waals surface area (Å²) in [6.07, 6.45) is 5.76. The number of likely N-dealkylation sites (tertiary alicyclic amines) is 2. The predicted octanol–water partition coefficient (Wildman–Crippen LogP) is 0.962. The lowest BCUT2D eigenvalue weighted by Gasteiger charge is -2.42. The van der Waals surface area contributed by atoms with Crippen LogP contribution in [0.1, 0.15) is 31.4 Å². The Balaban J connectivity index is 1.44. The van der Waals surface area contributed by atoms with Crippen molar-refractivity contribution < 1.29 is 9.59 Å². The van der Waals surface area contributed by atoms with Crippen LogP contribution in [-0.2, 0) is 16.1 Å². The lowest BCUT2D eigenvalue weighted by Crippen LogP contribution is -2.52. The number of nitrogens with one attached hydrogen (secondary N) is 1. The second-order valence-electron chi connectivity index (χ2n) is 8.22. The van der Waals surface area contributed by atoms with E-state index in [1.165, 1.54) is 0 Å². The molecule has 154 valence electrons. The zero-order valence-corrected chi connectivity index (χ0v) is 17.1. The molecule has 3 heterocycles. The first kappa shape index (κ1) is 20.7. The first-order valence-electron chi connectivity index (χ1n) is 10.4. The molecule has 0 radical (unpaired) electrons. The van der Waals surface area contributed by atoms with Crippen molar-refractivity contribution in [2.24, 2.45) is 5.92 Å². The Labute approximate surface area is 168 Å². The maximum atomic E-state index is 12.6. The van der Waals surface area contributed by atoms with Gasteiger partial charge in [-0.3, -0.25) is 19.5 Å². The van der Waals surface area contributed by atoms with E-state index in [9.17, 15) is 9.59 Å². The Morgan fingerprint density at radius 1 is 1.18 bits per heavy atom. The molecule has 0 unspecified atom stereocenters. The van der Waals surface area contributed by atoms with Crippen molar-refractivity contribution in [3.05, 3.63) is 30.1 Å². The van der Waals surface area contributed by atoms with Gasteiger partial charge in [0.2, 0.25) is 11.8 Å². The molecule has 1 N–H and O–H groups in total. The van der Waals surface area contributed by atoms with Gasteiger partial charge in [-0.2, -0.15) is 0 Å². The summed E-state index contributed by atoms with van der Waals surface area (Å²) in [5.41, 5.74) is 0.887. The first-order chi connectivity index (χ1) is 13.5. The van der Waals surface area contributed by atoms with Gasteiger partial charge < -0.3 is 15.1 Å². The van der Waals surface area contributed by atoms with Gasteiger partial charge in [0.25, 0.3) is 0 Å². The van der Waals surface area contributed by atoms with E-state index >= 15 is 0 Å². The van der Waals surface area contributed by atoms with E-state index in [1.807, 2.05) is 42.1 Å². The van der Waals surface area contributed by atoms with Gasteiger partial charge in [0, 0.05) is 31.9 Å². The Kier molecular flexibility index (Phi) is 7.39. The van der Waals surface area contributed by atoms with E-state index in [-0.39, 0.29) is 17.7 Å². The van der Waals surface area contributed by atoms with E-state index in [1.54, 1.807) is 6.20 Å². The van der Waals surface area contributed by atoms with Gasteiger partial charge in [0.15, 0.2) is 0 Å². The summed E-state index contributed by atoms with van der Waals surface area (Å²) in [4.78, 5) is 35.5. The van der Waals surface area contributed by atoms with Crippen LogP contribution in [0.2, 0.25) is 0 Å². The molecule has 0 spiro atoms. The van der Waals surface area contributed by atoms with Gasteiger partial charge in [-0.15, -0.1) is 0 Å². The Bertz CT molecular complexity index is 643. The fourth-order valence-electron chi connectivity index (χ4n) is 4.23. The second kappa shape index (κ2) is 9.98. The number of piperidine rings is 2. The molecule has 0 aromatic carbocycles. The van der Waals surface area contributed by atoms with Gasteiger partial charge in [-0.1, -0.05) is 6.07 Å². The number of pyridine rings is 1. The normalized spacial score (nSPS) is 21.7. The largest absolute Gasteiger partial charge is 0.350 e. The SMILES string of the molecule is CN(C)CC(=O)N1CCC(N2CCC[C@@H](C(=O)NCc3ccccn3)C2)CC1. The average molecular weight is 388 g/mol. The molecule has 2 aliphatic heterocycles. The first-order valence-corrected chi connectivity index (χ1v) is 10.4. The van der Waals surface area contributed by atoms with Crippen LogP contribution < -0.4 is 5.32 Å². The lowest BCUT2D eigenvalue weighted by molar-refractivity contribution is -0.133. The van der Waals surface area contributed by atoms with Crippen LogP contribution in [0.5, 0.6) is 0 Å². The minimum atomic E-state index is 0.0471. The van der Waals surface area contributed by atoms with Crippen molar-refractivity contribution in [3.8, 4) is 0 Å². The number of aromatic nitrogens is 1. The molecule has 1 atom stereocenters. The molecule has 0 bridgehead atoms. The standard InChI is InChI=1S/C21H33N5O2/c1-24(2)16-20(27)25-12-8-19(9-13-25)26-11-5-6-17(15-26)21(28)23-14-18-7-3-4-10-22-18/h3-4,7,10,17,19H,5-6,8-9,11-16H2,1-2H3,(H,23,28)/t17-/m1/s1. The average Bonchev–Trinajstić information content (AvgIpc) is 2.72. The van der Waals surface area contributed by atoms with E-state index in [0.717, 1.165) is 57.6 Å².